The number of esters is 2. The van der Waals surface area contributed by atoms with Crippen LogP contribution in [0.25, 0.3) is 0 Å². The first-order chi connectivity index (χ1) is 9.15. The van der Waals surface area contributed by atoms with Crippen LogP contribution in [0.5, 0.6) is 0 Å². The van der Waals surface area contributed by atoms with E-state index in [0.717, 1.165) is 6.42 Å². The third kappa shape index (κ3) is 4.18. The zero-order valence-corrected chi connectivity index (χ0v) is 11.9. The Kier molecular flexibility index (Phi) is 6.80. The average molecular weight is 273 g/mol. The summed E-state index contributed by atoms with van der Waals surface area (Å²) >= 11 is 0. The number of nitrogens with zero attached hydrogens (tertiary/aromatic N) is 1. The molecular weight excluding hydrogens is 250 g/mol. The monoisotopic (exact) mass is 273 g/mol. The fraction of sp³-hybridized carbons (Fsp3) is 0.846. The van der Waals surface area contributed by atoms with E-state index in [9.17, 15) is 9.59 Å². The van der Waals surface area contributed by atoms with Gasteiger partial charge < -0.3 is 14.2 Å². The molecule has 0 N–H and O–H groups in total. The second-order valence-corrected chi connectivity index (χ2v) is 4.41. The first-order valence-electron chi connectivity index (χ1n) is 6.73. The number of morpholine rings is 1. The van der Waals surface area contributed by atoms with Crippen LogP contribution in [0, 0.1) is 0 Å². The largest absolute Gasteiger partial charge is 0.468 e. The third-order valence-electron chi connectivity index (χ3n) is 3.16. The van der Waals surface area contributed by atoms with E-state index in [2.05, 4.69) is 0 Å². The van der Waals surface area contributed by atoms with E-state index in [1.807, 2.05) is 11.8 Å². The standard InChI is InChI=1S/C13H23NO5/c1-4-6-10(13(16)19-5-2)14-7-8-18-9-11(14)12(15)17-3/h10-11H,4-9H2,1-3H3. The number of hydrogen-bond acceptors (Lipinski definition) is 6. The van der Waals surface area contributed by atoms with Crippen molar-refractivity contribution < 1.29 is 23.8 Å². The molecule has 0 aliphatic carbocycles. The maximum atomic E-state index is 12.0. The van der Waals surface area contributed by atoms with Crippen molar-refractivity contribution in [3.63, 3.8) is 0 Å². The van der Waals surface area contributed by atoms with Gasteiger partial charge in [0.15, 0.2) is 0 Å². The highest BCUT2D eigenvalue weighted by molar-refractivity contribution is 5.79. The maximum absolute atomic E-state index is 12.0. The second-order valence-electron chi connectivity index (χ2n) is 4.41. The minimum atomic E-state index is -0.528. The van der Waals surface area contributed by atoms with Crippen LogP contribution in [-0.2, 0) is 23.8 Å². The van der Waals surface area contributed by atoms with Crippen molar-refractivity contribution in [3.8, 4) is 0 Å². The summed E-state index contributed by atoms with van der Waals surface area (Å²) in [6.07, 6.45) is 1.50. The summed E-state index contributed by atoms with van der Waals surface area (Å²) in [6, 6.07) is -0.933. The fourth-order valence-electron chi connectivity index (χ4n) is 2.26. The van der Waals surface area contributed by atoms with E-state index >= 15 is 0 Å². The summed E-state index contributed by atoms with van der Waals surface area (Å²) < 4.78 is 15.2. The molecule has 19 heavy (non-hydrogen) atoms. The normalized spacial score (nSPS) is 21.7. The third-order valence-corrected chi connectivity index (χ3v) is 3.16. The Morgan fingerprint density at radius 1 is 1.42 bits per heavy atom. The first-order valence-corrected chi connectivity index (χ1v) is 6.73. The van der Waals surface area contributed by atoms with E-state index in [1.165, 1.54) is 7.11 Å². The summed E-state index contributed by atoms with van der Waals surface area (Å²) in [5.41, 5.74) is 0. The van der Waals surface area contributed by atoms with Gasteiger partial charge in [0.05, 0.1) is 26.9 Å². The van der Waals surface area contributed by atoms with Crippen LogP contribution < -0.4 is 0 Å². The minimum Gasteiger partial charge on any atom is -0.468 e. The maximum Gasteiger partial charge on any atom is 0.325 e. The average Bonchev–Trinajstić information content (AvgIpc) is 2.44. The van der Waals surface area contributed by atoms with Crippen LogP contribution in [0.2, 0.25) is 0 Å². The molecule has 0 saturated carbocycles. The Bertz CT molecular complexity index is 307. The smallest absolute Gasteiger partial charge is 0.325 e. The zero-order valence-electron chi connectivity index (χ0n) is 11.9. The molecule has 110 valence electrons. The predicted molar refractivity (Wildman–Crippen MR) is 68.7 cm³/mol. The molecule has 1 fully saturated rings. The van der Waals surface area contributed by atoms with Gasteiger partial charge in [-0.3, -0.25) is 14.5 Å². The number of rotatable bonds is 6. The van der Waals surface area contributed by atoms with Crippen molar-refractivity contribution in [3.05, 3.63) is 0 Å². The van der Waals surface area contributed by atoms with E-state index in [4.69, 9.17) is 14.2 Å². The zero-order chi connectivity index (χ0) is 14.3. The molecule has 0 spiro atoms. The fourth-order valence-corrected chi connectivity index (χ4v) is 2.26. The van der Waals surface area contributed by atoms with Crippen molar-refractivity contribution in [2.45, 2.75) is 38.8 Å². The summed E-state index contributed by atoms with van der Waals surface area (Å²) in [6.45, 7) is 5.41. The number of methoxy groups -OCH3 is 1. The molecule has 1 aliphatic rings. The number of carbonyl (C=O) groups excluding carboxylic acids is 2. The quantitative estimate of drug-likeness (QED) is 0.660. The highest BCUT2D eigenvalue weighted by Crippen LogP contribution is 2.17. The van der Waals surface area contributed by atoms with Crippen molar-refractivity contribution >= 4 is 11.9 Å². The lowest BCUT2D eigenvalue weighted by molar-refractivity contribution is -0.163. The Labute approximate surface area is 114 Å². The minimum absolute atomic E-state index is 0.256. The molecule has 0 aromatic rings. The highest BCUT2D eigenvalue weighted by Gasteiger charge is 2.38. The van der Waals surface area contributed by atoms with Crippen LogP contribution in [0.1, 0.15) is 26.7 Å². The van der Waals surface area contributed by atoms with Gasteiger partial charge in [0.25, 0.3) is 0 Å². The van der Waals surface area contributed by atoms with Crippen molar-refractivity contribution in [1.82, 2.24) is 4.90 Å². The Morgan fingerprint density at radius 2 is 2.16 bits per heavy atom. The van der Waals surface area contributed by atoms with Crippen LogP contribution in [0.4, 0.5) is 0 Å². The van der Waals surface area contributed by atoms with Gasteiger partial charge in [-0.2, -0.15) is 0 Å². The lowest BCUT2D eigenvalue weighted by atomic mass is 10.1. The van der Waals surface area contributed by atoms with Crippen molar-refractivity contribution in [2.75, 3.05) is 33.5 Å². The molecule has 0 aromatic carbocycles. The van der Waals surface area contributed by atoms with Crippen molar-refractivity contribution in [1.29, 1.82) is 0 Å². The molecule has 1 aliphatic heterocycles. The Balaban J connectivity index is 2.83. The lowest BCUT2D eigenvalue weighted by Gasteiger charge is -2.38. The second kappa shape index (κ2) is 8.12. The number of hydrogen-bond donors (Lipinski definition) is 0. The SMILES string of the molecule is CCCC(C(=O)OCC)N1CCOCC1C(=O)OC. The Morgan fingerprint density at radius 3 is 2.74 bits per heavy atom. The number of carbonyl (C=O) groups is 2. The van der Waals surface area contributed by atoms with Crippen LogP contribution in [0.3, 0.4) is 0 Å². The molecule has 6 nitrogen and oxygen atoms in total. The predicted octanol–water partition coefficient (Wildman–Crippen LogP) is 0.592. The van der Waals surface area contributed by atoms with Gasteiger partial charge >= 0.3 is 11.9 Å². The van der Waals surface area contributed by atoms with Crippen LogP contribution in [-0.4, -0.2) is 62.4 Å². The topological polar surface area (TPSA) is 65.1 Å². The molecule has 0 radical (unpaired) electrons. The van der Waals surface area contributed by atoms with Crippen LogP contribution >= 0.6 is 0 Å². The van der Waals surface area contributed by atoms with Crippen molar-refractivity contribution in [2.24, 2.45) is 0 Å². The Hall–Kier alpha value is -1.14. The molecule has 1 saturated heterocycles. The van der Waals surface area contributed by atoms with Gasteiger partial charge in [0.1, 0.15) is 12.1 Å². The van der Waals surface area contributed by atoms with Crippen LogP contribution in [0.15, 0.2) is 0 Å². The van der Waals surface area contributed by atoms with E-state index in [-0.39, 0.29) is 18.5 Å². The lowest BCUT2D eigenvalue weighted by Crippen LogP contribution is -2.57. The first kappa shape index (κ1) is 15.9. The molecule has 6 heteroatoms. The molecule has 0 amide bonds. The summed E-state index contributed by atoms with van der Waals surface area (Å²) in [5, 5.41) is 0. The summed E-state index contributed by atoms with van der Waals surface area (Å²) in [5.74, 6) is -0.648. The van der Waals surface area contributed by atoms with Gasteiger partial charge in [-0.05, 0) is 13.3 Å². The van der Waals surface area contributed by atoms with Gasteiger partial charge in [0.2, 0.25) is 0 Å². The van der Waals surface area contributed by atoms with Gasteiger partial charge in [-0.15, -0.1) is 0 Å². The van der Waals surface area contributed by atoms with E-state index < -0.39 is 12.1 Å². The van der Waals surface area contributed by atoms with Gasteiger partial charge in [-0.25, -0.2) is 0 Å². The van der Waals surface area contributed by atoms with E-state index in [1.54, 1.807) is 6.92 Å². The summed E-state index contributed by atoms with van der Waals surface area (Å²) in [7, 11) is 1.34. The molecule has 0 bridgehead atoms. The van der Waals surface area contributed by atoms with Gasteiger partial charge in [0, 0.05) is 6.54 Å². The molecule has 1 rings (SSSR count). The van der Waals surface area contributed by atoms with Gasteiger partial charge in [-0.1, -0.05) is 13.3 Å². The molecular formula is C13H23NO5. The molecule has 0 aromatic heterocycles. The molecule has 1 heterocycles. The molecule has 2 unspecified atom stereocenters. The number of ether oxygens (including phenoxy) is 3. The summed E-state index contributed by atoms with van der Waals surface area (Å²) in [4.78, 5) is 25.6. The molecule has 2 atom stereocenters. The van der Waals surface area contributed by atoms with E-state index in [0.29, 0.717) is 26.2 Å². The highest BCUT2D eigenvalue weighted by atomic mass is 16.5.